The molecule has 0 spiro atoms. The van der Waals surface area contributed by atoms with Gasteiger partial charge in [0.25, 0.3) is 0 Å². The van der Waals surface area contributed by atoms with Crippen LogP contribution in [0.2, 0.25) is 5.02 Å². The van der Waals surface area contributed by atoms with Gasteiger partial charge in [-0.1, -0.05) is 63.1 Å². The van der Waals surface area contributed by atoms with Crippen molar-refractivity contribution in [3.63, 3.8) is 0 Å². The number of ketones is 1. The number of halogens is 1. The van der Waals surface area contributed by atoms with E-state index in [4.69, 9.17) is 11.6 Å². The van der Waals surface area contributed by atoms with Crippen molar-refractivity contribution in [2.24, 2.45) is 16.8 Å². The normalized spacial score (nSPS) is 26.5. The maximum Gasteiger partial charge on any atom is 0.202 e. The molecule has 3 atom stereocenters. The fourth-order valence-corrected chi connectivity index (χ4v) is 4.73. The quantitative estimate of drug-likeness (QED) is 0.595. The molecule has 1 saturated carbocycles. The van der Waals surface area contributed by atoms with Crippen LogP contribution >= 0.6 is 11.6 Å². The highest BCUT2D eigenvalue weighted by Gasteiger charge is 2.37. The molecule has 0 aromatic heterocycles. The summed E-state index contributed by atoms with van der Waals surface area (Å²) in [4.78, 5) is 17.3. The zero-order chi connectivity index (χ0) is 20.1. The van der Waals surface area contributed by atoms with Gasteiger partial charge < -0.3 is 10.2 Å². The number of benzene rings is 1. The van der Waals surface area contributed by atoms with Gasteiger partial charge in [0.15, 0.2) is 0 Å². The molecule has 154 valence electrons. The summed E-state index contributed by atoms with van der Waals surface area (Å²) < 4.78 is 0. The molecule has 1 heterocycles. The molecular formula is C22H31ClN2O3. The van der Waals surface area contributed by atoms with Crippen LogP contribution in [0.5, 0.6) is 5.75 Å². The van der Waals surface area contributed by atoms with E-state index >= 15 is 0 Å². The molecule has 1 aromatic carbocycles. The Kier molecular flexibility index (Phi) is 7.49. The molecule has 5 nitrogen and oxygen atoms in total. The second-order valence-corrected chi connectivity index (χ2v) is 8.45. The number of phenolic OH excluding ortho intramolecular Hbond substituents is 1. The number of hydrogen-bond donors (Lipinski definition) is 3. The summed E-state index contributed by atoms with van der Waals surface area (Å²) in [5, 5.41) is 23.3. The van der Waals surface area contributed by atoms with Crippen LogP contribution in [0.3, 0.4) is 0 Å². The molecule has 0 saturated heterocycles. The van der Waals surface area contributed by atoms with Crippen molar-refractivity contribution >= 4 is 23.1 Å². The second-order valence-electron chi connectivity index (χ2n) is 8.04. The summed E-state index contributed by atoms with van der Waals surface area (Å²) in [6.45, 7) is 1.86. The minimum atomic E-state index is -1.04. The van der Waals surface area contributed by atoms with Gasteiger partial charge in [-0.3, -0.25) is 10.1 Å². The Morgan fingerprint density at radius 1 is 1.25 bits per heavy atom. The van der Waals surface area contributed by atoms with E-state index in [0.29, 0.717) is 12.3 Å². The van der Waals surface area contributed by atoms with Gasteiger partial charge in [0.2, 0.25) is 6.35 Å². The molecule has 0 radical (unpaired) electrons. The molecule has 1 fully saturated rings. The molecule has 1 aliphatic heterocycles. The van der Waals surface area contributed by atoms with Crippen molar-refractivity contribution in [3.8, 4) is 5.75 Å². The van der Waals surface area contributed by atoms with E-state index in [0.717, 1.165) is 24.1 Å². The Morgan fingerprint density at radius 2 is 1.96 bits per heavy atom. The Morgan fingerprint density at radius 3 is 2.61 bits per heavy atom. The van der Waals surface area contributed by atoms with Crippen LogP contribution in [0.4, 0.5) is 0 Å². The summed E-state index contributed by atoms with van der Waals surface area (Å²) in [7, 11) is 0. The van der Waals surface area contributed by atoms with Crippen molar-refractivity contribution in [1.82, 2.24) is 5.32 Å². The lowest BCUT2D eigenvalue weighted by molar-refractivity contribution is -0.122. The fourth-order valence-electron chi connectivity index (χ4n) is 4.55. The van der Waals surface area contributed by atoms with Gasteiger partial charge in [-0.2, -0.15) is 0 Å². The van der Waals surface area contributed by atoms with Gasteiger partial charge in [-0.15, -0.1) is 0 Å². The zero-order valence-electron chi connectivity index (χ0n) is 16.5. The monoisotopic (exact) mass is 406 g/mol. The summed E-state index contributed by atoms with van der Waals surface area (Å²) in [5.41, 5.74) is 1.56. The van der Waals surface area contributed by atoms with Crippen molar-refractivity contribution in [3.05, 3.63) is 28.8 Å². The van der Waals surface area contributed by atoms with Gasteiger partial charge >= 0.3 is 0 Å². The van der Waals surface area contributed by atoms with E-state index in [1.54, 1.807) is 12.1 Å². The first-order valence-corrected chi connectivity index (χ1v) is 10.9. The number of aliphatic imine (C=N–C) groups is 1. The van der Waals surface area contributed by atoms with Crippen LogP contribution in [0.15, 0.2) is 23.2 Å². The van der Waals surface area contributed by atoms with Gasteiger partial charge in [0.05, 0.1) is 17.0 Å². The summed E-state index contributed by atoms with van der Waals surface area (Å²) in [6.07, 6.45) is 8.83. The highest BCUT2D eigenvalue weighted by molar-refractivity contribution is 6.32. The smallest absolute Gasteiger partial charge is 0.202 e. The van der Waals surface area contributed by atoms with Crippen molar-refractivity contribution in [1.29, 1.82) is 0 Å². The van der Waals surface area contributed by atoms with E-state index in [1.807, 2.05) is 6.92 Å². The molecule has 3 rings (SSSR count). The number of carbonyl (C=O) groups is 1. The average Bonchev–Trinajstić information content (AvgIpc) is 2.96. The van der Waals surface area contributed by atoms with E-state index in [-0.39, 0.29) is 16.6 Å². The molecule has 3 unspecified atom stereocenters. The third-order valence-electron chi connectivity index (χ3n) is 6.12. The fraction of sp³-hybridized carbons (Fsp3) is 0.636. The number of Topliss-reactive ketones (excluding diaryl/α,β-unsaturated/α-hetero) is 1. The maximum atomic E-state index is 12.8. The Labute approximate surface area is 172 Å². The van der Waals surface area contributed by atoms with Gasteiger partial charge in [0.1, 0.15) is 11.5 Å². The number of nitrogens with one attached hydrogen (secondary N) is 1. The van der Waals surface area contributed by atoms with Gasteiger partial charge in [0, 0.05) is 12.1 Å². The highest BCUT2D eigenvalue weighted by Crippen LogP contribution is 2.35. The van der Waals surface area contributed by atoms with E-state index < -0.39 is 18.3 Å². The Balaban J connectivity index is 1.82. The third-order valence-corrected chi connectivity index (χ3v) is 6.42. The van der Waals surface area contributed by atoms with Crippen molar-refractivity contribution in [2.75, 3.05) is 0 Å². The van der Waals surface area contributed by atoms with Crippen LogP contribution in [-0.2, 0) is 4.79 Å². The number of nitrogens with zero attached hydrogens (tertiary/aromatic N) is 1. The standard InChI is InChI=1S/C22H31ClN2O3/c1-2-18(26)20-17(11-9-14-7-5-3-4-6-8-14)24-22(28)25-21(20)15-10-12-19(27)16(23)13-15/h10,12-14,20-22,25,27-28H,2-9,11H2,1H3. The summed E-state index contributed by atoms with van der Waals surface area (Å²) in [5.74, 6) is 0.367. The average molecular weight is 407 g/mol. The second kappa shape index (κ2) is 9.86. The number of aliphatic hydroxyl groups is 1. The maximum absolute atomic E-state index is 12.8. The lowest BCUT2D eigenvalue weighted by atomic mass is 9.80. The predicted molar refractivity (Wildman–Crippen MR) is 112 cm³/mol. The third kappa shape index (κ3) is 5.13. The summed E-state index contributed by atoms with van der Waals surface area (Å²) in [6, 6.07) is 4.53. The first-order valence-electron chi connectivity index (χ1n) is 10.5. The minimum absolute atomic E-state index is 0.00222. The van der Waals surface area contributed by atoms with E-state index in [2.05, 4.69) is 10.3 Å². The van der Waals surface area contributed by atoms with Crippen LogP contribution in [0, 0.1) is 11.8 Å². The van der Waals surface area contributed by atoms with Crippen LogP contribution in [0.25, 0.3) is 0 Å². The number of phenols is 1. The molecule has 6 heteroatoms. The van der Waals surface area contributed by atoms with E-state index in [1.165, 1.54) is 44.6 Å². The lowest BCUT2D eigenvalue weighted by Gasteiger charge is -2.35. The molecule has 0 amide bonds. The molecule has 28 heavy (non-hydrogen) atoms. The molecule has 0 bridgehead atoms. The topological polar surface area (TPSA) is 81.9 Å². The molecule has 2 aliphatic rings. The Bertz CT molecular complexity index is 714. The zero-order valence-corrected chi connectivity index (χ0v) is 17.3. The number of hydrogen-bond acceptors (Lipinski definition) is 5. The molecule has 1 aliphatic carbocycles. The first-order chi connectivity index (χ1) is 13.5. The SMILES string of the molecule is CCC(=O)C1C(CCC2CCCCCC2)=NC(O)NC1c1ccc(O)c(Cl)c1. The number of aromatic hydroxyl groups is 1. The van der Waals surface area contributed by atoms with E-state index in [9.17, 15) is 15.0 Å². The minimum Gasteiger partial charge on any atom is -0.506 e. The molecule has 1 aromatic rings. The highest BCUT2D eigenvalue weighted by atomic mass is 35.5. The number of aliphatic hydroxyl groups excluding tert-OH is 1. The molecular weight excluding hydrogens is 376 g/mol. The van der Waals surface area contributed by atoms with Crippen molar-refractivity contribution < 1.29 is 15.0 Å². The summed E-state index contributed by atoms with van der Waals surface area (Å²) >= 11 is 6.09. The van der Waals surface area contributed by atoms with Crippen molar-refractivity contribution in [2.45, 2.75) is 77.1 Å². The van der Waals surface area contributed by atoms with Crippen LogP contribution in [0.1, 0.15) is 76.3 Å². The van der Waals surface area contributed by atoms with Gasteiger partial charge in [-0.05, 0) is 36.5 Å². The van der Waals surface area contributed by atoms with Gasteiger partial charge in [-0.25, -0.2) is 4.99 Å². The largest absolute Gasteiger partial charge is 0.506 e. The van der Waals surface area contributed by atoms with Crippen LogP contribution in [-0.4, -0.2) is 28.1 Å². The Hall–Kier alpha value is -1.43. The number of carbonyl (C=O) groups excluding carboxylic acids is 1. The first kappa shape index (κ1) is 21.3. The molecule has 3 N–H and O–H groups in total. The number of rotatable bonds is 6. The van der Waals surface area contributed by atoms with Crippen LogP contribution < -0.4 is 5.32 Å². The lowest BCUT2D eigenvalue weighted by Crippen LogP contribution is -2.47. The predicted octanol–water partition coefficient (Wildman–Crippen LogP) is 4.75.